The number of carbonyl (C=O) groups excluding carboxylic acids is 1. The van der Waals surface area contributed by atoms with Crippen LogP contribution in [-0.2, 0) is 11.2 Å². The Morgan fingerprint density at radius 3 is 2.75 bits per heavy atom. The molecule has 1 aromatic rings. The number of halogens is 2. The summed E-state index contributed by atoms with van der Waals surface area (Å²) in [7, 11) is 3.79. The standard InChI is InChI=1S/C12H15ClFNO/c1-15(2)7-6-10(16)8-9-4-3-5-11(13)12(9)14/h3-5H,6-8H2,1-2H3. The van der Waals surface area contributed by atoms with Crippen LogP contribution in [0.4, 0.5) is 4.39 Å². The van der Waals surface area contributed by atoms with Gasteiger partial charge >= 0.3 is 0 Å². The van der Waals surface area contributed by atoms with Gasteiger partial charge in [-0.1, -0.05) is 23.7 Å². The van der Waals surface area contributed by atoms with Crippen LogP contribution in [-0.4, -0.2) is 31.3 Å². The third-order valence-corrected chi connectivity index (χ3v) is 2.55. The van der Waals surface area contributed by atoms with Gasteiger partial charge in [0.2, 0.25) is 0 Å². The number of nitrogens with zero attached hydrogens (tertiary/aromatic N) is 1. The normalized spacial score (nSPS) is 10.8. The third kappa shape index (κ3) is 3.91. The molecule has 0 fully saturated rings. The molecule has 4 heteroatoms. The van der Waals surface area contributed by atoms with E-state index in [0.29, 0.717) is 18.5 Å². The van der Waals surface area contributed by atoms with Crippen molar-refractivity contribution in [3.05, 3.63) is 34.6 Å². The van der Waals surface area contributed by atoms with Crippen molar-refractivity contribution in [2.75, 3.05) is 20.6 Å². The average Bonchev–Trinajstić information content (AvgIpc) is 2.22. The summed E-state index contributed by atoms with van der Waals surface area (Å²) in [6.45, 7) is 0.682. The van der Waals surface area contributed by atoms with Crippen LogP contribution in [0, 0.1) is 5.82 Å². The highest BCUT2D eigenvalue weighted by Crippen LogP contribution is 2.18. The number of ketones is 1. The second kappa shape index (κ2) is 5.97. The lowest BCUT2D eigenvalue weighted by atomic mass is 10.1. The Hall–Kier alpha value is -0.930. The van der Waals surface area contributed by atoms with Gasteiger partial charge in [-0.15, -0.1) is 0 Å². The van der Waals surface area contributed by atoms with Gasteiger partial charge in [0, 0.05) is 19.4 Å². The van der Waals surface area contributed by atoms with Crippen molar-refractivity contribution in [2.45, 2.75) is 12.8 Å². The van der Waals surface area contributed by atoms with Gasteiger partial charge in [0.15, 0.2) is 0 Å². The molecule has 0 saturated carbocycles. The van der Waals surface area contributed by atoms with Crippen LogP contribution in [0.1, 0.15) is 12.0 Å². The van der Waals surface area contributed by atoms with Gasteiger partial charge in [0.25, 0.3) is 0 Å². The second-order valence-electron chi connectivity index (χ2n) is 3.98. The maximum absolute atomic E-state index is 13.5. The molecule has 2 nitrogen and oxygen atoms in total. The van der Waals surface area contributed by atoms with Crippen LogP contribution in [0.25, 0.3) is 0 Å². The zero-order valence-corrected chi connectivity index (χ0v) is 10.2. The summed E-state index contributed by atoms with van der Waals surface area (Å²) in [4.78, 5) is 13.5. The Balaban J connectivity index is 2.59. The molecule has 0 radical (unpaired) electrons. The molecular weight excluding hydrogens is 229 g/mol. The summed E-state index contributed by atoms with van der Waals surface area (Å²) < 4.78 is 13.5. The number of Topliss-reactive ketones (excluding diaryl/α,β-unsaturated/α-hetero) is 1. The van der Waals surface area contributed by atoms with Crippen LogP contribution < -0.4 is 0 Å². The number of carbonyl (C=O) groups is 1. The molecule has 0 atom stereocenters. The minimum atomic E-state index is -0.484. The number of hydrogen-bond donors (Lipinski definition) is 0. The maximum atomic E-state index is 13.5. The molecule has 88 valence electrons. The van der Waals surface area contributed by atoms with E-state index in [9.17, 15) is 9.18 Å². The summed E-state index contributed by atoms with van der Waals surface area (Å²) in [5.74, 6) is -0.461. The highest BCUT2D eigenvalue weighted by atomic mass is 35.5. The topological polar surface area (TPSA) is 20.3 Å². The fourth-order valence-electron chi connectivity index (χ4n) is 1.33. The Labute approximate surface area is 100 Å². The Morgan fingerprint density at radius 1 is 1.44 bits per heavy atom. The third-order valence-electron chi connectivity index (χ3n) is 2.26. The first-order valence-electron chi connectivity index (χ1n) is 5.10. The van der Waals surface area contributed by atoms with E-state index in [0.717, 1.165) is 0 Å². The quantitative estimate of drug-likeness (QED) is 0.792. The van der Waals surface area contributed by atoms with E-state index in [2.05, 4.69) is 0 Å². The molecule has 0 aliphatic carbocycles. The lowest BCUT2D eigenvalue weighted by molar-refractivity contribution is -0.118. The van der Waals surface area contributed by atoms with Gasteiger partial charge in [-0.25, -0.2) is 4.39 Å². The molecule has 1 rings (SSSR count). The number of benzene rings is 1. The van der Waals surface area contributed by atoms with E-state index >= 15 is 0 Å². The van der Waals surface area contributed by atoms with Crippen LogP contribution in [0.15, 0.2) is 18.2 Å². The molecule has 0 bridgehead atoms. The number of hydrogen-bond acceptors (Lipinski definition) is 2. The fraction of sp³-hybridized carbons (Fsp3) is 0.417. The van der Waals surface area contributed by atoms with Crippen molar-refractivity contribution < 1.29 is 9.18 Å². The average molecular weight is 244 g/mol. The monoisotopic (exact) mass is 243 g/mol. The highest BCUT2D eigenvalue weighted by molar-refractivity contribution is 6.30. The van der Waals surface area contributed by atoms with Crippen LogP contribution in [0.2, 0.25) is 5.02 Å². The molecule has 0 saturated heterocycles. The zero-order chi connectivity index (χ0) is 12.1. The lowest BCUT2D eigenvalue weighted by Gasteiger charge is -2.08. The molecule has 0 aliphatic heterocycles. The fourth-order valence-corrected chi connectivity index (χ4v) is 1.53. The molecule has 0 amide bonds. The van der Waals surface area contributed by atoms with E-state index < -0.39 is 5.82 Å². The van der Waals surface area contributed by atoms with Gasteiger partial charge in [0.05, 0.1) is 5.02 Å². The van der Waals surface area contributed by atoms with Gasteiger partial charge in [-0.05, 0) is 25.7 Å². The molecule has 0 N–H and O–H groups in total. The largest absolute Gasteiger partial charge is 0.309 e. The molecule has 0 aromatic heterocycles. The summed E-state index contributed by atoms with van der Waals surface area (Å²) >= 11 is 5.63. The Bertz CT molecular complexity index is 379. The first-order valence-corrected chi connectivity index (χ1v) is 5.48. The summed E-state index contributed by atoms with van der Waals surface area (Å²) in [5.41, 5.74) is 0.372. The maximum Gasteiger partial charge on any atom is 0.145 e. The zero-order valence-electron chi connectivity index (χ0n) is 9.46. The van der Waals surface area contributed by atoms with Gasteiger partial charge < -0.3 is 4.90 Å². The summed E-state index contributed by atoms with van der Waals surface area (Å²) in [5, 5.41) is 0.0675. The predicted molar refractivity (Wildman–Crippen MR) is 63.3 cm³/mol. The van der Waals surface area contributed by atoms with Crippen molar-refractivity contribution in [3.8, 4) is 0 Å². The van der Waals surface area contributed by atoms with Crippen LogP contribution in [0.5, 0.6) is 0 Å². The molecule has 0 aliphatic rings. The minimum Gasteiger partial charge on any atom is -0.309 e. The minimum absolute atomic E-state index is 0.0230. The van der Waals surface area contributed by atoms with Crippen LogP contribution >= 0.6 is 11.6 Å². The molecule has 0 spiro atoms. The van der Waals surface area contributed by atoms with Gasteiger partial charge in [-0.3, -0.25) is 4.79 Å². The summed E-state index contributed by atoms with van der Waals surface area (Å²) in [6, 6.07) is 4.72. The van der Waals surface area contributed by atoms with E-state index in [1.54, 1.807) is 12.1 Å². The smallest absolute Gasteiger partial charge is 0.145 e. The molecule has 1 aromatic carbocycles. The van der Waals surface area contributed by atoms with E-state index in [-0.39, 0.29) is 17.2 Å². The second-order valence-corrected chi connectivity index (χ2v) is 4.39. The first-order chi connectivity index (χ1) is 7.50. The summed E-state index contributed by atoms with van der Waals surface area (Å²) in [6.07, 6.45) is 0.541. The van der Waals surface area contributed by atoms with E-state index in [4.69, 9.17) is 11.6 Å². The van der Waals surface area contributed by atoms with Crippen LogP contribution in [0.3, 0.4) is 0 Å². The molecule has 16 heavy (non-hydrogen) atoms. The predicted octanol–water partition coefficient (Wildman–Crippen LogP) is 2.54. The highest BCUT2D eigenvalue weighted by Gasteiger charge is 2.10. The molecule has 0 unspecified atom stereocenters. The molecule has 0 heterocycles. The van der Waals surface area contributed by atoms with Gasteiger partial charge in [-0.2, -0.15) is 0 Å². The number of rotatable bonds is 5. The Morgan fingerprint density at radius 2 is 2.12 bits per heavy atom. The van der Waals surface area contributed by atoms with Crippen molar-refractivity contribution in [1.82, 2.24) is 4.90 Å². The van der Waals surface area contributed by atoms with E-state index in [1.807, 2.05) is 19.0 Å². The van der Waals surface area contributed by atoms with Crippen molar-refractivity contribution in [3.63, 3.8) is 0 Å². The SMILES string of the molecule is CN(C)CCC(=O)Cc1cccc(Cl)c1F. The lowest BCUT2D eigenvalue weighted by Crippen LogP contribution is -2.17. The Kier molecular flexibility index (Phi) is 4.90. The van der Waals surface area contributed by atoms with E-state index in [1.165, 1.54) is 6.07 Å². The van der Waals surface area contributed by atoms with Crippen molar-refractivity contribution in [2.24, 2.45) is 0 Å². The van der Waals surface area contributed by atoms with Crippen molar-refractivity contribution in [1.29, 1.82) is 0 Å². The van der Waals surface area contributed by atoms with Gasteiger partial charge in [0.1, 0.15) is 11.6 Å². The molecular formula is C12H15ClFNO. The first kappa shape index (κ1) is 13.1. The van der Waals surface area contributed by atoms with Crippen molar-refractivity contribution >= 4 is 17.4 Å².